The number of hydrogen-bond donors (Lipinski definition) is 1. The van der Waals surface area contributed by atoms with Crippen molar-refractivity contribution < 1.29 is 13.9 Å². The fourth-order valence-electron chi connectivity index (χ4n) is 1.93. The van der Waals surface area contributed by atoms with Crippen LogP contribution in [0.15, 0.2) is 36.4 Å². The van der Waals surface area contributed by atoms with Gasteiger partial charge in [0.1, 0.15) is 11.6 Å². The SMILES string of the molecule is CCc1cc(OCC(=O)Nc2ccc(C)c(F)c2)ccc1Cl. The molecular formula is C17H17ClFNO2. The van der Waals surface area contributed by atoms with E-state index in [1.165, 1.54) is 6.07 Å². The molecule has 0 spiro atoms. The van der Waals surface area contributed by atoms with Crippen molar-refractivity contribution in [2.24, 2.45) is 0 Å². The van der Waals surface area contributed by atoms with Crippen LogP contribution in [0.5, 0.6) is 5.75 Å². The Kier molecular flexibility index (Phi) is 5.39. The molecule has 116 valence electrons. The maximum Gasteiger partial charge on any atom is 0.262 e. The number of nitrogens with one attached hydrogen (secondary N) is 1. The van der Waals surface area contributed by atoms with Gasteiger partial charge in [-0.15, -0.1) is 0 Å². The smallest absolute Gasteiger partial charge is 0.262 e. The second-order valence-electron chi connectivity index (χ2n) is 4.91. The lowest BCUT2D eigenvalue weighted by atomic mass is 10.1. The van der Waals surface area contributed by atoms with Crippen molar-refractivity contribution in [1.29, 1.82) is 0 Å². The molecule has 0 heterocycles. The van der Waals surface area contributed by atoms with Crippen LogP contribution in [0.1, 0.15) is 18.1 Å². The van der Waals surface area contributed by atoms with Gasteiger partial charge in [0.05, 0.1) is 0 Å². The van der Waals surface area contributed by atoms with E-state index in [-0.39, 0.29) is 18.3 Å². The molecule has 0 fully saturated rings. The number of carbonyl (C=O) groups is 1. The van der Waals surface area contributed by atoms with Gasteiger partial charge in [-0.05, 0) is 54.8 Å². The molecule has 3 nitrogen and oxygen atoms in total. The highest BCUT2D eigenvalue weighted by Gasteiger charge is 2.07. The zero-order valence-electron chi connectivity index (χ0n) is 12.5. The van der Waals surface area contributed by atoms with E-state index >= 15 is 0 Å². The third-order valence-electron chi connectivity index (χ3n) is 3.22. The normalized spacial score (nSPS) is 10.4. The highest BCUT2D eigenvalue weighted by molar-refractivity contribution is 6.31. The molecule has 1 N–H and O–H groups in total. The molecule has 22 heavy (non-hydrogen) atoms. The first kappa shape index (κ1) is 16.3. The molecule has 2 aromatic rings. The van der Waals surface area contributed by atoms with Crippen LogP contribution in [0.25, 0.3) is 0 Å². The Morgan fingerprint density at radius 1 is 1.27 bits per heavy atom. The summed E-state index contributed by atoms with van der Waals surface area (Å²) in [5, 5.41) is 3.27. The van der Waals surface area contributed by atoms with Crippen molar-refractivity contribution in [3.05, 3.63) is 58.4 Å². The Balaban J connectivity index is 1.93. The highest BCUT2D eigenvalue weighted by Crippen LogP contribution is 2.22. The Bertz CT molecular complexity index is 688. The molecule has 0 aliphatic rings. The van der Waals surface area contributed by atoms with Crippen LogP contribution < -0.4 is 10.1 Å². The topological polar surface area (TPSA) is 38.3 Å². The number of halogens is 2. The predicted octanol–water partition coefficient (Wildman–Crippen LogP) is 4.37. The van der Waals surface area contributed by atoms with Gasteiger partial charge in [0.2, 0.25) is 0 Å². The lowest BCUT2D eigenvalue weighted by molar-refractivity contribution is -0.118. The van der Waals surface area contributed by atoms with Gasteiger partial charge >= 0.3 is 0 Å². The fourth-order valence-corrected chi connectivity index (χ4v) is 2.18. The van der Waals surface area contributed by atoms with Crippen molar-refractivity contribution in [2.75, 3.05) is 11.9 Å². The summed E-state index contributed by atoms with van der Waals surface area (Å²) in [6.45, 7) is 3.50. The minimum atomic E-state index is -0.357. The summed E-state index contributed by atoms with van der Waals surface area (Å²) in [6, 6.07) is 9.79. The molecule has 0 radical (unpaired) electrons. The quantitative estimate of drug-likeness (QED) is 0.888. The average molecular weight is 322 g/mol. The summed E-state index contributed by atoms with van der Waals surface area (Å²) in [5.74, 6) is -0.133. The van der Waals surface area contributed by atoms with Crippen LogP contribution in [0.2, 0.25) is 5.02 Å². The maximum absolute atomic E-state index is 13.4. The van der Waals surface area contributed by atoms with E-state index in [4.69, 9.17) is 16.3 Å². The van der Waals surface area contributed by atoms with Gasteiger partial charge in [0.25, 0.3) is 5.91 Å². The van der Waals surface area contributed by atoms with Crippen molar-refractivity contribution in [2.45, 2.75) is 20.3 Å². The first-order valence-electron chi connectivity index (χ1n) is 6.97. The van der Waals surface area contributed by atoms with E-state index in [9.17, 15) is 9.18 Å². The first-order chi connectivity index (χ1) is 10.5. The van der Waals surface area contributed by atoms with Crippen molar-refractivity contribution in [3.8, 4) is 5.75 Å². The van der Waals surface area contributed by atoms with Crippen LogP contribution in [0, 0.1) is 12.7 Å². The number of benzene rings is 2. The van der Waals surface area contributed by atoms with Gasteiger partial charge in [0, 0.05) is 10.7 Å². The number of amides is 1. The number of rotatable bonds is 5. The molecule has 5 heteroatoms. The largest absolute Gasteiger partial charge is 0.484 e. The number of anilines is 1. The molecule has 1 amide bonds. The van der Waals surface area contributed by atoms with Crippen LogP contribution in [0.4, 0.5) is 10.1 Å². The minimum absolute atomic E-state index is 0.152. The van der Waals surface area contributed by atoms with Gasteiger partial charge in [-0.1, -0.05) is 24.6 Å². The highest BCUT2D eigenvalue weighted by atomic mass is 35.5. The molecule has 0 bridgehead atoms. The van der Waals surface area contributed by atoms with Crippen molar-refractivity contribution in [3.63, 3.8) is 0 Å². The summed E-state index contributed by atoms with van der Waals surface area (Å²) >= 11 is 6.02. The molecule has 0 aliphatic heterocycles. The molecule has 0 atom stereocenters. The Morgan fingerprint density at radius 2 is 2.05 bits per heavy atom. The molecule has 0 aromatic heterocycles. The van der Waals surface area contributed by atoms with Crippen LogP contribution in [0.3, 0.4) is 0 Å². The van der Waals surface area contributed by atoms with E-state index in [1.54, 1.807) is 37.3 Å². The first-order valence-corrected chi connectivity index (χ1v) is 7.34. The molecule has 2 rings (SSSR count). The Hall–Kier alpha value is -2.07. The molecule has 0 aliphatic carbocycles. The summed E-state index contributed by atoms with van der Waals surface area (Å²) in [6.07, 6.45) is 0.783. The van der Waals surface area contributed by atoms with Crippen molar-refractivity contribution >= 4 is 23.2 Å². The lowest BCUT2D eigenvalue weighted by Crippen LogP contribution is -2.20. The van der Waals surface area contributed by atoms with Crippen molar-refractivity contribution in [1.82, 2.24) is 0 Å². The number of hydrogen-bond acceptors (Lipinski definition) is 2. The predicted molar refractivity (Wildman–Crippen MR) is 86.1 cm³/mol. The zero-order valence-corrected chi connectivity index (χ0v) is 13.2. The third-order valence-corrected chi connectivity index (χ3v) is 3.59. The van der Waals surface area contributed by atoms with E-state index < -0.39 is 0 Å². The minimum Gasteiger partial charge on any atom is -0.484 e. The van der Waals surface area contributed by atoms with Gasteiger partial charge in [-0.25, -0.2) is 4.39 Å². The van der Waals surface area contributed by atoms with Crippen LogP contribution in [-0.2, 0) is 11.2 Å². The van der Waals surface area contributed by atoms with E-state index in [1.807, 2.05) is 6.92 Å². The number of ether oxygens (including phenoxy) is 1. The molecule has 0 saturated carbocycles. The van der Waals surface area contributed by atoms with Gasteiger partial charge in [0.15, 0.2) is 6.61 Å². The zero-order chi connectivity index (χ0) is 16.1. The summed E-state index contributed by atoms with van der Waals surface area (Å²) in [5.41, 5.74) is 1.89. The van der Waals surface area contributed by atoms with Crippen LogP contribution in [-0.4, -0.2) is 12.5 Å². The van der Waals surface area contributed by atoms with Gasteiger partial charge in [-0.2, -0.15) is 0 Å². The Morgan fingerprint density at radius 3 is 2.73 bits per heavy atom. The molecular weight excluding hydrogens is 305 g/mol. The van der Waals surface area contributed by atoms with Gasteiger partial charge in [-0.3, -0.25) is 4.79 Å². The summed E-state index contributed by atoms with van der Waals surface area (Å²) in [7, 11) is 0. The molecule has 2 aromatic carbocycles. The van der Waals surface area contributed by atoms with Crippen LogP contribution >= 0.6 is 11.6 Å². The second kappa shape index (κ2) is 7.27. The monoisotopic (exact) mass is 321 g/mol. The van der Waals surface area contributed by atoms with Gasteiger partial charge < -0.3 is 10.1 Å². The fraction of sp³-hybridized carbons (Fsp3) is 0.235. The maximum atomic E-state index is 13.4. The summed E-state index contributed by atoms with van der Waals surface area (Å²) < 4.78 is 18.8. The lowest BCUT2D eigenvalue weighted by Gasteiger charge is -2.10. The molecule has 0 unspecified atom stereocenters. The Labute approximate surface area is 134 Å². The van der Waals surface area contributed by atoms with E-state index in [0.29, 0.717) is 22.0 Å². The van der Waals surface area contributed by atoms with E-state index in [2.05, 4.69) is 5.32 Å². The summed E-state index contributed by atoms with van der Waals surface area (Å²) in [4.78, 5) is 11.8. The number of carbonyl (C=O) groups excluding carboxylic acids is 1. The second-order valence-corrected chi connectivity index (χ2v) is 5.31. The average Bonchev–Trinajstić information content (AvgIpc) is 2.50. The van der Waals surface area contributed by atoms with E-state index in [0.717, 1.165) is 12.0 Å². The third kappa shape index (κ3) is 4.21. The molecule has 0 saturated heterocycles. The number of aryl methyl sites for hydroxylation is 2. The standard InChI is InChI=1S/C17H17ClFNO2/c1-3-12-8-14(6-7-15(12)18)22-10-17(21)20-13-5-4-11(2)16(19)9-13/h4-9H,3,10H2,1-2H3,(H,20,21).